The molecule has 0 unspecified atom stereocenters. The van der Waals surface area contributed by atoms with E-state index in [1.54, 1.807) is 18.2 Å². The number of para-hydroxylation sites is 1. The molecule has 3 nitrogen and oxygen atoms in total. The van der Waals surface area contributed by atoms with E-state index in [-0.39, 0.29) is 29.8 Å². The molecule has 3 N–H and O–H groups in total. The number of benzene rings is 1. The predicted molar refractivity (Wildman–Crippen MR) is 66.5 cm³/mol. The van der Waals surface area contributed by atoms with Gasteiger partial charge in [-0.25, -0.2) is 0 Å². The summed E-state index contributed by atoms with van der Waals surface area (Å²) in [6, 6.07) is 6.82. The van der Waals surface area contributed by atoms with E-state index in [1.807, 2.05) is 6.07 Å². The molecule has 0 aliphatic rings. The molecule has 0 spiro atoms. The van der Waals surface area contributed by atoms with Crippen LogP contribution in [0.5, 0.6) is 5.75 Å². The van der Waals surface area contributed by atoms with Crippen molar-refractivity contribution in [2.75, 3.05) is 0 Å². The average molecular weight is 241 g/mol. The summed E-state index contributed by atoms with van der Waals surface area (Å²) in [5.74, 6) is 0.485. The Hall–Kier alpha value is -1.24. The molecule has 0 heterocycles. The third-order valence-corrected chi connectivity index (χ3v) is 2.31. The second-order valence-electron chi connectivity index (χ2n) is 4.09. The molecular weight excluding hydrogens is 224 g/mol. The van der Waals surface area contributed by atoms with Crippen molar-refractivity contribution >= 4 is 12.4 Å². The van der Waals surface area contributed by atoms with Crippen LogP contribution in [-0.2, 0) is 0 Å². The zero-order chi connectivity index (χ0) is 11.4. The first-order chi connectivity index (χ1) is 7.06. The summed E-state index contributed by atoms with van der Waals surface area (Å²) in [6.45, 7) is 4.15. The van der Waals surface area contributed by atoms with E-state index >= 15 is 0 Å². The maximum atomic E-state index is 9.77. The van der Waals surface area contributed by atoms with Crippen LogP contribution in [0.15, 0.2) is 18.2 Å². The third kappa shape index (κ3) is 3.41. The topological polar surface area (TPSA) is 70.0 Å². The van der Waals surface area contributed by atoms with Gasteiger partial charge in [0.2, 0.25) is 0 Å². The smallest absolute Gasteiger partial charge is 0.138 e. The van der Waals surface area contributed by atoms with Crippen LogP contribution >= 0.6 is 12.4 Å². The summed E-state index contributed by atoms with van der Waals surface area (Å²) in [7, 11) is 0. The van der Waals surface area contributed by atoms with Crippen LogP contribution in [0.1, 0.15) is 37.4 Å². The Bertz CT molecular complexity index is 385. The van der Waals surface area contributed by atoms with Gasteiger partial charge in [-0.1, -0.05) is 26.0 Å². The maximum absolute atomic E-state index is 9.77. The zero-order valence-corrected chi connectivity index (χ0v) is 10.3. The molecule has 0 aliphatic heterocycles. The molecule has 0 saturated carbocycles. The lowest BCUT2D eigenvalue weighted by molar-refractivity contribution is 0.444. The fraction of sp³-hybridized carbons (Fsp3) is 0.417. The van der Waals surface area contributed by atoms with Gasteiger partial charge in [0.25, 0.3) is 0 Å². The number of phenolic OH excluding ortho intramolecular Hbond substituents is 1. The fourth-order valence-corrected chi connectivity index (χ4v) is 1.59. The number of phenols is 1. The van der Waals surface area contributed by atoms with Crippen LogP contribution in [0.4, 0.5) is 0 Å². The van der Waals surface area contributed by atoms with Gasteiger partial charge in [-0.05, 0) is 18.4 Å². The van der Waals surface area contributed by atoms with E-state index in [4.69, 9.17) is 11.0 Å². The summed E-state index contributed by atoms with van der Waals surface area (Å²) < 4.78 is 0. The van der Waals surface area contributed by atoms with Crippen molar-refractivity contribution < 1.29 is 5.11 Å². The normalized spacial score (nSPS) is 11.7. The van der Waals surface area contributed by atoms with Crippen molar-refractivity contribution in [1.29, 1.82) is 5.26 Å². The number of hydrogen-bond donors (Lipinski definition) is 2. The minimum absolute atomic E-state index is 0. The molecule has 0 amide bonds. The molecule has 1 rings (SSSR count). The number of aromatic hydroxyl groups is 1. The zero-order valence-electron chi connectivity index (χ0n) is 9.47. The minimum Gasteiger partial charge on any atom is -0.506 e. The van der Waals surface area contributed by atoms with Gasteiger partial charge in [-0.15, -0.1) is 12.4 Å². The van der Waals surface area contributed by atoms with Gasteiger partial charge in [-0.3, -0.25) is 0 Å². The van der Waals surface area contributed by atoms with Crippen molar-refractivity contribution in [3.8, 4) is 11.8 Å². The summed E-state index contributed by atoms with van der Waals surface area (Å²) in [4.78, 5) is 0. The largest absolute Gasteiger partial charge is 0.506 e. The molecule has 16 heavy (non-hydrogen) atoms. The van der Waals surface area contributed by atoms with E-state index in [1.165, 1.54) is 0 Å². The second kappa shape index (κ2) is 6.37. The molecule has 0 radical (unpaired) electrons. The van der Waals surface area contributed by atoms with Crippen molar-refractivity contribution in [2.24, 2.45) is 11.7 Å². The predicted octanol–water partition coefficient (Wildman–Crippen LogP) is 2.73. The monoisotopic (exact) mass is 240 g/mol. The van der Waals surface area contributed by atoms with Crippen LogP contribution < -0.4 is 5.73 Å². The molecule has 0 aromatic heterocycles. The van der Waals surface area contributed by atoms with Crippen molar-refractivity contribution in [1.82, 2.24) is 0 Å². The summed E-state index contributed by atoms with van der Waals surface area (Å²) in [6.07, 6.45) is 0.794. The van der Waals surface area contributed by atoms with E-state index in [9.17, 15) is 5.11 Å². The van der Waals surface area contributed by atoms with Crippen LogP contribution in [0.25, 0.3) is 0 Å². The lowest BCUT2D eigenvalue weighted by Gasteiger charge is -2.16. The van der Waals surface area contributed by atoms with Crippen LogP contribution in [0.2, 0.25) is 0 Å². The molecule has 0 fully saturated rings. The van der Waals surface area contributed by atoms with E-state index in [2.05, 4.69) is 13.8 Å². The van der Waals surface area contributed by atoms with Gasteiger partial charge in [0.05, 0.1) is 5.56 Å². The maximum Gasteiger partial charge on any atom is 0.138 e. The van der Waals surface area contributed by atoms with Gasteiger partial charge in [0.1, 0.15) is 11.8 Å². The minimum atomic E-state index is -0.210. The van der Waals surface area contributed by atoms with Crippen LogP contribution in [-0.4, -0.2) is 5.11 Å². The molecule has 4 heteroatoms. The summed E-state index contributed by atoms with van der Waals surface area (Å²) in [5.41, 5.74) is 6.89. The average Bonchev–Trinajstić information content (AvgIpc) is 2.17. The van der Waals surface area contributed by atoms with E-state index in [0.717, 1.165) is 6.42 Å². The SMILES string of the molecule is CC(C)C[C@@H](N)c1cccc(C#N)c1O.Cl. The summed E-state index contributed by atoms with van der Waals surface area (Å²) in [5, 5.41) is 18.5. The molecule has 1 aromatic carbocycles. The first-order valence-corrected chi connectivity index (χ1v) is 5.03. The highest BCUT2D eigenvalue weighted by Gasteiger charge is 2.14. The van der Waals surface area contributed by atoms with Gasteiger partial charge in [0.15, 0.2) is 0 Å². The Morgan fingerprint density at radius 3 is 2.56 bits per heavy atom. The molecular formula is C12H17ClN2O. The molecule has 0 saturated heterocycles. The quantitative estimate of drug-likeness (QED) is 0.854. The number of halogens is 1. The van der Waals surface area contributed by atoms with E-state index < -0.39 is 0 Å². The number of hydrogen-bond acceptors (Lipinski definition) is 3. The Morgan fingerprint density at radius 1 is 1.44 bits per heavy atom. The van der Waals surface area contributed by atoms with Gasteiger partial charge in [-0.2, -0.15) is 5.26 Å². The molecule has 0 aliphatic carbocycles. The van der Waals surface area contributed by atoms with Crippen LogP contribution in [0.3, 0.4) is 0 Å². The van der Waals surface area contributed by atoms with Crippen molar-refractivity contribution in [3.63, 3.8) is 0 Å². The third-order valence-electron chi connectivity index (χ3n) is 2.31. The fourth-order valence-electron chi connectivity index (χ4n) is 1.59. The highest BCUT2D eigenvalue weighted by molar-refractivity contribution is 5.85. The second-order valence-corrected chi connectivity index (χ2v) is 4.09. The Kier molecular flexibility index (Phi) is 5.87. The molecule has 1 aromatic rings. The van der Waals surface area contributed by atoms with Crippen LogP contribution in [0, 0.1) is 17.2 Å². The van der Waals surface area contributed by atoms with Crippen molar-refractivity contribution in [2.45, 2.75) is 26.3 Å². The number of rotatable bonds is 3. The number of nitrogens with zero attached hydrogens (tertiary/aromatic N) is 1. The lowest BCUT2D eigenvalue weighted by Crippen LogP contribution is -2.13. The highest BCUT2D eigenvalue weighted by atomic mass is 35.5. The van der Waals surface area contributed by atoms with Gasteiger partial charge >= 0.3 is 0 Å². The van der Waals surface area contributed by atoms with E-state index in [0.29, 0.717) is 11.5 Å². The van der Waals surface area contributed by atoms with Gasteiger partial charge in [0, 0.05) is 11.6 Å². The Labute approximate surface area is 102 Å². The first-order valence-electron chi connectivity index (χ1n) is 5.03. The lowest BCUT2D eigenvalue weighted by atomic mass is 9.96. The number of nitrogens with two attached hydrogens (primary N) is 1. The Morgan fingerprint density at radius 2 is 2.06 bits per heavy atom. The molecule has 88 valence electrons. The summed E-state index contributed by atoms with van der Waals surface area (Å²) >= 11 is 0. The van der Waals surface area contributed by atoms with Crippen molar-refractivity contribution in [3.05, 3.63) is 29.3 Å². The van der Waals surface area contributed by atoms with Gasteiger partial charge < -0.3 is 10.8 Å². The number of nitriles is 1. The first kappa shape index (κ1) is 14.8. The highest BCUT2D eigenvalue weighted by Crippen LogP contribution is 2.29. The Balaban J connectivity index is 0.00000225. The molecule has 0 bridgehead atoms. The standard InChI is InChI=1S/C12H16N2O.ClH/c1-8(2)6-11(14)10-5-3-4-9(7-13)12(10)15;/h3-5,8,11,15H,6,14H2,1-2H3;1H/t11-;/m1./s1. The molecule has 1 atom stereocenters.